The highest BCUT2D eigenvalue weighted by atomic mass is 127. The molecule has 2 aromatic rings. The third-order valence-corrected chi connectivity index (χ3v) is 3.60. The van der Waals surface area contributed by atoms with Crippen LogP contribution in [0.2, 0.25) is 0 Å². The second-order valence-corrected chi connectivity index (χ2v) is 5.95. The summed E-state index contributed by atoms with van der Waals surface area (Å²) < 4.78 is 7.56. The molecule has 0 saturated heterocycles. The van der Waals surface area contributed by atoms with E-state index in [1.54, 1.807) is 0 Å². The normalized spacial score (nSPS) is 10.6. The van der Waals surface area contributed by atoms with Crippen LogP contribution >= 0.6 is 38.5 Å². The molecule has 0 aliphatic rings. The lowest BCUT2D eigenvalue weighted by molar-refractivity contribution is 0.493. The molecule has 2 nitrogen and oxygen atoms in total. The van der Waals surface area contributed by atoms with Gasteiger partial charge in [-0.05, 0) is 71.8 Å². The smallest absolute Gasteiger partial charge is 0.164 e. The van der Waals surface area contributed by atoms with Crippen molar-refractivity contribution in [3.05, 3.63) is 49.4 Å². The average molecular weight is 406 g/mol. The van der Waals surface area contributed by atoms with Gasteiger partial charge >= 0.3 is 0 Å². The molecule has 0 amide bonds. The van der Waals surface area contributed by atoms with Gasteiger partial charge in [-0.15, -0.1) is 0 Å². The summed E-state index contributed by atoms with van der Waals surface area (Å²) in [6, 6.07) is 8.19. The fourth-order valence-corrected chi connectivity index (χ4v) is 2.96. The van der Waals surface area contributed by atoms with E-state index in [-0.39, 0.29) is 0 Å². The maximum Gasteiger partial charge on any atom is 0.164 e. The van der Waals surface area contributed by atoms with Crippen molar-refractivity contribution < 1.29 is 4.42 Å². The van der Waals surface area contributed by atoms with Gasteiger partial charge < -0.3 is 9.73 Å². The predicted molar refractivity (Wildman–Crippen MR) is 82.4 cm³/mol. The molecule has 0 radical (unpaired) electrons. The van der Waals surface area contributed by atoms with Crippen LogP contribution in [0, 0.1) is 17.6 Å². The van der Waals surface area contributed by atoms with Gasteiger partial charge in [-0.3, -0.25) is 0 Å². The van der Waals surface area contributed by atoms with Crippen molar-refractivity contribution in [2.75, 3.05) is 5.32 Å². The van der Waals surface area contributed by atoms with Gasteiger partial charge in [-0.25, -0.2) is 0 Å². The van der Waals surface area contributed by atoms with Crippen molar-refractivity contribution in [2.45, 2.75) is 20.4 Å². The molecule has 0 unspecified atom stereocenters. The minimum Gasteiger partial charge on any atom is -0.454 e. The third kappa shape index (κ3) is 3.25. The van der Waals surface area contributed by atoms with Crippen LogP contribution < -0.4 is 5.32 Å². The molecule has 0 bridgehead atoms. The summed E-state index contributed by atoms with van der Waals surface area (Å²) in [5.41, 5.74) is 3.65. The molecular weight excluding hydrogens is 393 g/mol. The number of hydrogen-bond donors (Lipinski definition) is 1. The summed E-state index contributed by atoms with van der Waals surface area (Å²) >= 11 is 5.67. The van der Waals surface area contributed by atoms with Crippen LogP contribution in [0.4, 0.5) is 5.69 Å². The molecule has 1 aromatic heterocycles. The molecule has 4 heteroatoms. The molecular formula is C13H13BrINO. The molecule has 0 saturated carbocycles. The molecule has 0 atom stereocenters. The number of furan rings is 1. The second-order valence-electron chi connectivity index (χ2n) is 3.97. The molecule has 1 heterocycles. The first-order valence-corrected chi connectivity index (χ1v) is 7.18. The van der Waals surface area contributed by atoms with Gasteiger partial charge in [0.1, 0.15) is 5.76 Å². The Labute approximate surface area is 123 Å². The Morgan fingerprint density at radius 2 is 1.88 bits per heavy atom. The Morgan fingerprint density at radius 3 is 2.41 bits per heavy atom. The van der Waals surface area contributed by atoms with Gasteiger partial charge in [0.25, 0.3) is 0 Å². The van der Waals surface area contributed by atoms with E-state index in [4.69, 9.17) is 4.42 Å². The minimum absolute atomic E-state index is 0.715. The monoisotopic (exact) mass is 405 g/mol. The van der Waals surface area contributed by atoms with Crippen molar-refractivity contribution >= 4 is 44.2 Å². The number of hydrogen-bond acceptors (Lipinski definition) is 2. The Balaban J connectivity index is 2.14. The highest BCUT2D eigenvalue weighted by Gasteiger charge is 2.05. The molecule has 2 rings (SSSR count). The van der Waals surface area contributed by atoms with Crippen LogP contribution in [-0.4, -0.2) is 0 Å². The fraction of sp³-hybridized carbons (Fsp3) is 0.231. The lowest BCUT2D eigenvalue weighted by Gasteiger charge is -2.12. The van der Waals surface area contributed by atoms with Gasteiger partial charge in [0.05, 0.1) is 6.54 Å². The van der Waals surface area contributed by atoms with Gasteiger partial charge in [0.15, 0.2) is 3.77 Å². The maximum atomic E-state index is 5.52. The van der Waals surface area contributed by atoms with Crippen LogP contribution in [0.15, 0.2) is 33.2 Å². The topological polar surface area (TPSA) is 25.2 Å². The summed E-state index contributed by atoms with van der Waals surface area (Å²) in [4.78, 5) is 0. The number of rotatable bonds is 3. The van der Waals surface area contributed by atoms with Gasteiger partial charge in [-0.1, -0.05) is 15.9 Å². The Hall–Kier alpha value is -0.490. The van der Waals surface area contributed by atoms with Crippen molar-refractivity contribution in [2.24, 2.45) is 0 Å². The molecule has 0 spiro atoms. The van der Waals surface area contributed by atoms with E-state index in [2.05, 4.69) is 69.8 Å². The number of anilines is 1. The molecule has 1 N–H and O–H groups in total. The summed E-state index contributed by atoms with van der Waals surface area (Å²) in [6.07, 6.45) is 0. The first-order valence-electron chi connectivity index (χ1n) is 5.31. The summed E-state index contributed by atoms with van der Waals surface area (Å²) in [5, 5.41) is 3.42. The Morgan fingerprint density at radius 1 is 1.24 bits per heavy atom. The lowest BCUT2D eigenvalue weighted by Crippen LogP contribution is -2.02. The van der Waals surface area contributed by atoms with Gasteiger partial charge in [-0.2, -0.15) is 0 Å². The van der Waals surface area contributed by atoms with E-state index in [1.165, 1.54) is 16.8 Å². The minimum atomic E-state index is 0.715. The van der Waals surface area contributed by atoms with Gasteiger partial charge in [0, 0.05) is 10.2 Å². The molecule has 0 aliphatic carbocycles. The summed E-state index contributed by atoms with van der Waals surface area (Å²) in [5.74, 6) is 0.955. The number of nitrogens with one attached hydrogen (secondary N) is 1. The molecule has 0 fully saturated rings. The van der Waals surface area contributed by atoms with E-state index >= 15 is 0 Å². The maximum absolute atomic E-state index is 5.52. The highest BCUT2D eigenvalue weighted by molar-refractivity contribution is 14.1. The van der Waals surface area contributed by atoms with Crippen LogP contribution in [0.1, 0.15) is 16.9 Å². The lowest BCUT2D eigenvalue weighted by atomic mass is 10.1. The van der Waals surface area contributed by atoms with Crippen LogP contribution in [0.25, 0.3) is 0 Å². The second kappa shape index (κ2) is 5.44. The number of benzene rings is 1. The fourth-order valence-electron chi connectivity index (χ4n) is 1.81. The van der Waals surface area contributed by atoms with E-state index in [9.17, 15) is 0 Å². The molecule has 0 aliphatic heterocycles. The third-order valence-electron chi connectivity index (χ3n) is 2.57. The zero-order chi connectivity index (χ0) is 12.4. The number of aryl methyl sites for hydroxylation is 2. The quantitative estimate of drug-likeness (QED) is 0.736. The molecule has 1 aromatic carbocycles. The Bertz CT molecular complexity index is 513. The van der Waals surface area contributed by atoms with E-state index in [1.807, 2.05) is 12.1 Å². The first kappa shape index (κ1) is 13.0. The van der Waals surface area contributed by atoms with E-state index in [0.717, 1.165) is 14.0 Å². The summed E-state index contributed by atoms with van der Waals surface area (Å²) in [6.45, 7) is 4.92. The van der Waals surface area contributed by atoms with Crippen molar-refractivity contribution in [3.8, 4) is 0 Å². The zero-order valence-corrected chi connectivity index (χ0v) is 13.4. The standard InChI is InChI=1S/C13H13BrINO/c1-8-5-10(14)6-9(2)13(8)16-7-11-3-4-12(15)17-11/h3-6,16H,7H2,1-2H3. The van der Waals surface area contributed by atoms with Crippen molar-refractivity contribution in [1.29, 1.82) is 0 Å². The number of halogens is 2. The van der Waals surface area contributed by atoms with E-state index < -0.39 is 0 Å². The zero-order valence-electron chi connectivity index (χ0n) is 9.68. The highest BCUT2D eigenvalue weighted by Crippen LogP contribution is 2.25. The average Bonchev–Trinajstić information content (AvgIpc) is 2.62. The van der Waals surface area contributed by atoms with Crippen molar-refractivity contribution in [1.82, 2.24) is 0 Å². The van der Waals surface area contributed by atoms with Crippen LogP contribution in [0.3, 0.4) is 0 Å². The molecule has 17 heavy (non-hydrogen) atoms. The summed E-state index contributed by atoms with van der Waals surface area (Å²) in [7, 11) is 0. The Kier molecular flexibility index (Phi) is 4.14. The largest absolute Gasteiger partial charge is 0.454 e. The van der Waals surface area contributed by atoms with Gasteiger partial charge in [0.2, 0.25) is 0 Å². The van der Waals surface area contributed by atoms with Crippen LogP contribution in [0.5, 0.6) is 0 Å². The van der Waals surface area contributed by atoms with E-state index in [0.29, 0.717) is 6.54 Å². The van der Waals surface area contributed by atoms with Crippen LogP contribution in [-0.2, 0) is 6.54 Å². The molecule has 90 valence electrons. The predicted octanol–water partition coefficient (Wildman–Crippen LogP) is 4.88. The van der Waals surface area contributed by atoms with Crippen molar-refractivity contribution in [3.63, 3.8) is 0 Å². The first-order chi connectivity index (χ1) is 8.06. The SMILES string of the molecule is Cc1cc(Br)cc(C)c1NCc1ccc(I)o1.